The minimum absolute atomic E-state index is 0.366. The van der Waals surface area contributed by atoms with Gasteiger partial charge in [0, 0.05) is 6.42 Å². The summed E-state index contributed by atoms with van der Waals surface area (Å²) < 4.78 is 12.6. The molecule has 0 radical (unpaired) electrons. The van der Waals surface area contributed by atoms with Gasteiger partial charge < -0.3 is 9.31 Å². The van der Waals surface area contributed by atoms with Gasteiger partial charge in [0.05, 0.1) is 21.2 Å². The lowest BCUT2D eigenvalue weighted by Crippen LogP contribution is -2.46. The van der Waals surface area contributed by atoms with Crippen molar-refractivity contribution in [3.8, 4) is 0 Å². The summed E-state index contributed by atoms with van der Waals surface area (Å²) in [6.45, 7) is 8.19. The van der Waals surface area contributed by atoms with E-state index in [1.807, 2.05) is 43.3 Å². The Morgan fingerprint density at radius 3 is 2.29 bits per heavy atom. The van der Waals surface area contributed by atoms with E-state index >= 15 is 0 Å². The Balaban J connectivity index is 1.89. The molecular formula is C19H21BCl2O2. The molecule has 24 heavy (non-hydrogen) atoms. The minimum atomic E-state index is -0.475. The lowest BCUT2D eigenvalue weighted by Gasteiger charge is -2.36. The van der Waals surface area contributed by atoms with Gasteiger partial charge in [0.15, 0.2) is 0 Å². The number of benzene rings is 2. The van der Waals surface area contributed by atoms with Crippen LogP contribution in [0.1, 0.15) is 31.9 Å². The lowest BCUT2D eigenvalue weighted by molar-refractivity contribution is -0.00877. The van der Waals surface area contributed by atoms with Crippen LogP contribution in [0, 0.1) is 6.92 Å². The zero-order valence-electron chi connectivity index (χ0n) is 14.4. The Morgan fingerprint density at radius 1 is 1.00 bits per heavy atom. The molecule has 0 amide bonds. The number of halogens is 2. The maximum atomic E-state index is 6.37. The van der Waals surface area contributed by atoms with Crippen LogP contribution < -0.4 is 5.46 Å². The van der Waals surface area contributed by atoms with Crippen LogP contribution >= 0.6 is 23.2 Å². The van der Waals surface area contributed by atoms with Crippen LogP contribution in [-0.4, -0.2) is 18.3 Å². The molecule has 2 aromatic carbocycles. The van der Waals surface area contributed by atoms with Gasteiger partial charge >= 0.3 is 7.12 Å². The fraction of sp³-hybridized carbons (Fsp3) is 0.368. The molecule has 1 heterocycles. The van der Waals surface area contributed by atoms with Gasteiger partial charge in [-0.1, -0.05) is 59.6 Å². The van der Waals surface area contributed by atoms with E-state index in [1.165, 1.54) is 0 Å². The first-order chi connectivity index (χ1) is 11.2. The normalized spacial score (nSPS) is 22.8. The Labute approximate surface area is 154 Å². The average molecular weight is 363 g/mol. The lowest BCUT2D eigenvalue weighted by atomic mass is 9.79. The molecule has 5 heteroatoms. The van der Waals surface area contributed by atoms with E-state index in [9.17, 15) is 0 Å². The van der Waals surface area contributed by atoms with E-state index in [4.69, 9.17) is 32.5 Å². The van der Waals surface area contributed by atoms with Crippen LogP contribution in [-0.2, 0) is 15.7 Å². The quantitative estimate of drug-likeness (QED) is 0.728. The fourth-order valence-corrected chi connectivity index (χ4v) is 3.48. The number of rotatable bonds is 3. The predicted octanol–water partition coefficient (Wildman–Crippen LogP) is 4.82. The van der Waals surface area contributed by atoms with Gasteiger partial charge in [-0.3, -0.25) is 0 Å². The van der Waals surface area contributed by atoms with Crippen molar-refractivity contribution in [2.75, 3.05) is 0 Å². The maximum Gasteiger partial charge on any atom is 0.494 e. The molecule has 1 aliphatic rings. The summed E-state index contributed by atoms with van der Waals surface area (Å²) >= 11 is 12.4. The van der Waals surface area contributed by atoms with Gasteiger partial charge in [-0.15, -0.1) is 0 Å². The van der Waals surface area contributed by atoms with Crippen molar-refractivity contribution in [3.05, 3.63) is 63.6 Å². The van der Waals surface area contributed by atoms with Gasteiger partial charge in [0.2, 0.25) is 0 Å². The third-order valence-electron chi connectivity index (χ3n) is 4.93. The third-order valence-corrected chi connectivity index (χ3v) is 5.82. The molecule has 1 aliphatic heterocycles. The first-order valence-electron chi connectivity index (χ1n) is 8.07. The standard InChI is InChI=1S/C19H21BCl2O2/c1-13-10-14(11-16(21)17(13)22)12-19(4)18(2,3)23-20(24-19)15-8-6-5-7-9-15/h5-11H,12H2,1-4H3. The Morgan fingerprint density at radius 2 is 1.67 bits per heavy atom. The van der Waals surface area contributed by atoms with Gasteiger partial charge in [-0.05, 0) is 50.4 Å². The van der Waals surface area contributed by atoms with Crippen molar-refractivity contribution in [1.29, 1.82) is 0 Å². The SMILES string of the molecule is Cc1cc(CC2(C)OB(c3ccccc3)OC2(C)C)cc(Cl)c1Cl. The molecule has 2 aromatic rings. The molecule has 0 aromatic heterocycles. The van der Waals surface area contributed by atoms with E-state index in [-0.39, 0.29) is 7.12 Å². The van der Waals surface area contributed by atoms with Crippen LogP contribution in [0.5, 0.6) is 0 Å². The van der Waals surface area contributed by atoms with Gasteiger partial charge in [0.25, 0.3) is 0 Å². The van der Waals surface area contributed by atoms with Gasteiger partial charge in [-0.2, -0.15) is 0 Å². The van der Waals surface area contributed by atoms with Crippen molar-refractivity contribution >= 4 is 35.8 Å². The summed E-state index contributed by atoms with van der Waals surface area (Å²) in [5, 5.41) is 1.18. The highest BCUT2D eigenvalue weighted by Crippen LogP contribution is 2.40. The van der Waals surface area contributed by atoms with Crippen molar-refractivity contribution in [2.24, 2.45) is 0 Å². The maximum absolute atomic E-state index is 6.37. The van der Waals surface area contributed by atoms with E-state index in [0.717, 1.165) is 16.6 Å². The molecule has 1 saturated heterocycles. The van der Waals surface area contributed by atoms with E-state index < -0.39 is 11.2 Å². The molecule has 1 atom stereocenters. The molecule has 126 valence electrons. The van der Waals surface area contributed by atoms with Crippen LogP contribution in [0.3, 0.4) is 0 Å². The smallest absolute Gasteiger partial charge is 0.399 e. The third kappa shape index (κ3) is 3.23. The second-order valence-corrected chi connectivity index (χ2v) is 7.89. The van der Waals surface area contributed by atoms with Crippen LogP contribution in [0.25, 0.3) is 0 Å². The molecule has 1 unspecified atom stereocenters. The monoisotopic (exact) mass is 362 g/mol. The molecular weight excluding hydrogens is 342 g/mol. The molecule has 0 bridgehead atoms. The van der Waals surface area contributed by atoms with Gasteiger partial charge in [0.1, 0.15) is 0 Å². The van der Waals surface area contributed by atoms with Gasteiger partial charge in [-0.25, -0.2) is 0 Å². The molecule has 0 spiro atoms. The number of aryl methyl sites for hydroxylation is 1. The summed E-state index contributed by atoms with van der Waals surface area (Å²) in [4.78, 5) is 0. The van der Waals surface area contributed by atoms with E-state index in [0.29, 0.717) is 16.5 Å². The molecule has 0 aliphatic carbocycles. The molecule has 0 N–H and O–H groups in total. The summed E-state index contributed by atoms with van der Waals surface area (Å²) in [5.74, 6) is 0. The Kier molecular flexibility index (Phi) is 4.74. The highest BCUT2D eigenvalue weighted by molar-refractivity contribution is 6.62. The highest BCUT2D eigenvalue weighted by atomic mass is 35.5. The first kappa shape index (κ1) is 17.8. The minimum Gasteiger partial charge on any atom is -0.399 e. The number of hydrogen-bond acceptors (Lipinski definition) is 2. The molecule has 1 fully saturated rings. The number of hydrogen-bond donors (Lipinski definition) is 0. The summed E-state index contributed by atoms with van der Waals surface area (Å²) in [6.07, 6.45) is 0.695. The van der Waals surface area contributed by atoms with Crippen molar-refractivity contribution < 1.29 is 9.31 Å². The summed E-state index contributed by atoms with van der Waals surface area (Å²) in [5.41, 5.74) is 2.18. The van der Waals surface area contributed by atoms with Crippen molar-refractivity contribution in [2.45, 2.75) is 45.3 Å². The largest absolute Gasteiger partial charge is 0.494 e. The molecule has 3 rings (SSSR count). The second kappa shape index (κ2) is 6.38. The average Bonchev–Trinajstić information content (AvgIpc) is 2.75. The fourth-order valence-electron chi connectivity index (χ4n) is 3.08. The van der Waals surface area contributed by atoms with E-state index in [1.54, 1.807) is 0 Å². The summed E-state index contributed by atoms with van der Waals surface area (Å²) in [7, 11) is -0.366. The predicted molar refractivity (Wildman–Crippen MR) is 101 cm³/mol. The van der Waals surface area contributed by atoms with Crippen LogP contribution in [0.4, 0.5) is 0 Å². The molecule has 2 nitrogen and oxygen atoms in total. The second-order valence-electron chi connectivity index (χ2n) is 7.10. The van der Waals surface area contributed by atoms with Crippen LogP contribution in [0.15, 0.2) is 42.5 Å². The van der Waals surface area contributed by atoms with Crippen LogP contribution in [0.2, 0.25) is 10.0 Å². The summed E-state index contributed by atoms with van der Waals surface area (Å²) in [6, 6.07) is 14.0. The Bertz CT molecular complexity index is 725. The van der Waals surface area contributed by atoms with E-state index in [2.05, 4.69) is 26.8 Å². The van der Waals surface area contributed by atoms with Crippen molar-refractivity contribution in [3.63, 3.8) is 0 Å². The zero-order chi connectivity index (χ0) is 17.5. The Hall–Kier alpha value is -0.995. The highest BCUT2D eigenvalue weighted by Gasteiger charge is 2.54. The topological polar surface area (TPSA) is 18.5 Å². The van der Waals surface area contributed by atoms with Crippen molar-refractivity contribution in [1.82, 2.24) is 0 Å². The molecule has 0 saturated carbocycles. The zero-order valence-corrected chi connectivity index (χ0v) is 15.9. The first-order valence-corrected chi connectivity index (χ1v) is 8.82.